The van der Waals surface area contributed by atoms with Crippen LogP contribution in [-0.2, 0) is 30.2 Å². The van der Waals surface area contributed by atoms with Gasteiger partial charge in [-0.2, -0.15) is 0 Å². The van der Waals surface area contributed by atoms with E-state index in [-0.39, 0.29) is 12.5 Å². The number of nitrogen functional groups attached to an aromatic ring is 1. The molecule has 1 fully saturated rings. The van der Waals surface area contributed by atoms with E-state index in [4.69, 9.17) is 29.8 Å². The molecule has 0 aromatic carbocycles. The number of nitrogens with one attached hydrogen (secondary N) is 1. The molecule has 0 unspecified atom stereocenters. The summed E-state index contributed by atoms with van der Waals surface area (Å²) in [6.45, 7) is 4.14. The minimum absolute atomic E-state index is 0.0222. The van der Waals surface area contributed by atoms with Gasteiger partial charge in [-0.1, -0.05) is 25.3 Å². The minimum Gasteiger partial charge on any atom is -0.394 e. The molecule has 0 aliphatic heterocycles. The molecule has 9 heteroatoms. The van der Waals surface area contributed by atoms with Crippen LogP contribution in [0.15, 0.2) is 18.2 Å². The van der Waals surface area contributed by atoms with Crippen molar-refractivity contribution in [2.45, 2.75) is 38.5 Å². The zero-order valence-corrected chi connectivity index (χ0v) is 19.1. The standard InChI is InChI=1S/C23H39N3O6/c24-21-6-4-5-20(26-21)19-23(7-2-1-3-8-23)22(28)25-9-11-29-13-15-31-17-18-32-16-14-30-12-10-27/h4-6,27H,1-3,7-19H2,(H2,24,26)(H,25,28). The number of nitrogens with zero attached hydrogens (tertiary/aromatic N) is 1. The summed E-state index contributed by atoms with van der Waals surface area (Å²) in [6.07, 6.45) is 5.66. The molecular weight excluding hydrogens is 414 g/mol. The van der Waals surface area contributed by atoms with Crippen molar-refractivity contribution < 1.29 is 28.8 Å². The first kappa shape index (κ1) is 26.5. The van der Waals surface area contributed by atoms with Crippen LogP contribution in [-0.4, -0.2) is 82.0 Å². The van der Waals surface area contributed by atoms with Gasteiger partial charge in [-0.3, -0.25) is 4.79 Å². The third kappa shape index (κ3) is 10.2. The molecular formula is C23H39N3O6. The normalized spacial score (nSPS) is 15.5. The zero-order chi connectivity index (χ0) is 22.9. The molecule has 182 valence electrons. The number of carbonyl (C=O) groups excluding carboxylic acids is 1. The molecule has 1 aromatic heterocycles. The van der Waals surface area contributed by atoms with Crippen LogP contribution in [0.2, 0.25) is 0 Å². The van der Waals surface area contributed by atoms with Gasteiger partial charge in [-0.25, -0.2) is 4.98 Å². The molecule has 9 nitrogen and oxygen atoms in total. The van der Waals surface area contributed by atoms with E-state index in [0.717, 1.165) is 31.4 Å². The number of aromatic nitrogens is 1. The maximum atomic E-state index is 13.0. The number of rotatable bonds is 17. The van der Waals surface area contributed by atoms with Crippen LogP contribution in [0.1, 0.15) is 37.8 Å². The summed E-state index contributed by atoms with van der Waals surface area (Å²) in [5, 5.41) is 11.6. The first-order valence-corrected chi connectivity index (χ1v) is 11.6. The van der Waals surface area contributed by atoms with Crippen molar-refractivity contribution >= 4 is 11.7 Å². The third-order valence-corrected chi connectivity index (χ3v) is 5.52. The average Bonchev–Trinajstić information content (AvgIpc) is 2.80. The van der Waals surface area contributed by atoms with Gasteiger partial charge in [0, 0.05) is 18.7 Å². The Kier molecular flexibility index (Phi) is 13.2. The van der Waals surface area contributed by atoms with Crippen LogP contribution in [0, 0.1) is 5.41 Å². The molecule has 1 aliphatic carbocycles. The van der Waals surface area contributed by atoms with Gasteiger partial charge in [0.05, 0.1) is 64.9 Å². The fourth-order valence-electron chi connectivity index (χ4n) is 3.91. The van der Waals surface area contributed by atoms with Crippen molar-refractivity contribution in [3.05, 3.63) is 23.9 Å². The third-order valence-electron chi connectivity index (χ3n) is 5.52. The van der Waals surface area contributed by atoms with Gasteiger partial charge in [0.1, 0.15) is 5.82 Å². The van der Waals surface area contributed by atoms with Gasteiger partial charge in [0.15, 0.2) is 0 Å². The zero-order valence-electron chi connectivity index (χ0n) is 19.1. The summed E-state index contributed by atoms with van der Waals surface area (Å²) in [5.74, 6) is 0.574. The Morgan fingerprint density at radius 1 is 0.938 bits per heavy atom. The van der Waals surface area contributed by atoms with Crippen molar-refractivity contribution in [1.29, 1.82) is 0 Å². The van der Waals surface area contributed by atoms with Crippen molar-refractivity contribution in [1.82, 2.24) is 10.3 Å². The Hall–Kier alpha value is -1.78. The van der Waals surface area contributed by atoms with Gasteiger partial charge in [-0.05, 0) is 25.0 Å². The van der Waals surface area contributed by atoms with E-state index in [1.165, 1.54) is 6.42 Å². The lowest BCUT2D eigenvalue weighted by molar-refractivity contribution is -0.133. The largest absolute Gasteiger partial charge is 0.394 e. The van der Waals surface area contributed by atoms with Crippen LogP contribution in [0.4, 0.5) is 5.82 Å². The van der Waals surface area contributed by atoms with Crippen LogP contribution in [0.25, 0.3) is 0 Å². The number of nitrogens with two attached hydrogens (primary N) is 1. The molecule has 1 saturated carbocycles. The summed E-state index contributed by atoms with van der Waals surface area (Å²) in [4.78, 5) is 17.4. The fraction of sp³-hybridized carbons (Fsp3) is 0.739. The van der Waals surface area contributed by atoms with Crippen molar-refractivity contribution in [3.63, 3.8) is 0 Å². The van der Waals surface area contributed by atoms with Crippen LogP contribution in [0.5, 0.6) is 0 Å². The highest BCUT2D eigenvalue weighted by Gasteiger charge is 2.39. The number of anilines is 1. The lowest BCUT2D eigenvalue weighted by atomic mass is 9.70. The van der Waals surface area contributed by atoms with Crippen LogP contribution < -0.4 is 11.1 Å². The highest BCUT2D eigenvalue weighted by atomic mass is 16.6. The smallest absolute Gasteiger partial charge is 0.226 e. The minimum atomic E-state index is -0.411. The maximum absolute atomic E-state index is 13.0. The predicted octanol–water partition coefficient (Wildman–Crippen LogP) is 1.33. The lowest BCUT2D eigenvalue weighted by Gasteiger charge is -2.35. The molecule has 0 bridgehead atoms. The second kappa shape index (κ2) is 15.9. The molecule has 1 aliphatic rings. The monoisotopic (exact) mass is 453 g/mol. The molecule has 0 radical (unpaired) electrons. The van der Waals surface area contributed by atoms with Crippen molar-refractivity contribution in [3.8, 4) is 0 Å². The van der Waals surface area contributed by atoms with Gasteiger partial charge >= 0.3 is 0 Å². The summed E-state index contributed by atoms with van der Waals surface area (Å²) in [5.41, 5.74) is 6.28. The van der Waals surface area contributed by atoms with Gasteiger partial charge < -0.3 is 35.1 Å². The fourth-order valence-corrected chi connectivity index (χ4v) is 3.91. The second-order valence-corrected chi connectivity index (χ2v) is 8.00. The lowest BCUT2D eigenvalue weighted by Crippen LogP contribution is -2.45. The summed E-state index contributed by atoms with van der Waals surface area (Å²) in [7, 11) is 0. The average molecular weight is 454 g/mol. The summed E-state index contributed by atoms with van der Waals surface area (Å²) in [6, 6.07) is 5.60. The Balaban J connectivity index is 1.56. The molecule has 1 aromatic rings. The quantitative estimate of drug-likeness (QED) is 0.302. The van der Waals surface area contributed by atoms with Crippen LogP contribution in [0.3, 0.4) is 0 Å². The number of pyridine rings is 1. The number of aliphatic hydroxyl groups excluding tert-OH is 1. The number of ether oxygens (including phenoxy) is 4. The van der Waals surface area contributed by atoms with Gasteiger partial charge in [0.25, 0.3) is 0 Å². The predicted molar refractivity (Wildman–Crippen MR) is 121 cm³/mol. The Bertz CT molecular complexity index is 640. The van der Waals surface area contributed by atoms with Crippen molar-refractivity contribution in [2.75, 3.05) is 71.7 Å². The van der Waals surface area contributed by atoms with E-state index in [1.54, 1.807) is 6.07 Å². The van der Waals surface area contributed by atoms with Crippen molar-refractivity contribution in [2.24, 2.45) is 5.41 Å². The number of amides is 1. The molecule has 4 N–H and O–H groups in total. The van der Waals surface area contributed by atoms with Gasteiger partial charge in [-0.15, -0.1) is 0 Å². The highest BCUT2D eigenvalue weighted by molar-refractivity contribution is 5.83. The highest BCUT2D eigenvalue weighted by Crippen LogP contribution is 2.39. The number of carbonyl (C=O) groups is 1. The Morgan fingerprint density at radius 2 is 1.53 bits per heavy atom. The molecule has 0 saturated heterocycles. The second-order valence-electron chi connectivity index (χ2n) is 8.00. The van der Waals surface area contributed by atoms with E-state index in [1.807, 2.05) is 12.1 Å². The van der Waals surface area contributed by atoms with E-state index >= 15 is 0 Å². The maximum Gasteiger partial charge on any atom is 0.226 e. The Morgan fingerprint density at radius 3 is 2.12 bits per heavy atom. The Labute approximate surface area is 191 Å². The molecule has 1 heterocycles. The molecule has 1 amide bonds. The van der Waals surface area contributed by atoms with Crippen LogP contribution >= 0.6 is 0 Å². The summed E-state index contributed by atoms with van der Waals surface area (Å²) < 4.78 is 21.4. The molecule has 0 atom stereocenters. The van der Waals surface area contributed by atoms with E-state index in [0.29, 0.717) is 71.6 Å². The molecule has 0 spiro atoms. The van der Waals surface area contributed by atoms with E-state index in [2.05, 4.69) is 10.3 Å². The van der Waals surface area contributed by atoms with E-state index in [9.17, 15) is 4.79 Å². The van der Waals surface area contributed by atoms with Gasteiger partial charge in [0.2, 0.25) is 5.91 Å². The SMILES string of the molecule is Nc1cccc(CC2(C(=O)NCCOCCOCCOCCOCCO)CCCCC2)n1. The topological polar surface area (TPSA) is 125 Å². The first-order chi connectivity index (χ1) is 15.7. The molecule has 32 heavy (non-hydrogen) atoms. The number of hydrogen-bond acceptors (Lipinski definition) is 8. The number of hydrogen-bond donors (Lipinski definition) is 3. The number of aliphatic hydroxyl groups is 1. The molecule has 2 rings (SSSR count). The summed E-state index contributed by atoms with van der Waals surface area (Å²) >= 11 is 0. The first-order valence-electron chi connectivity index (χ1n) is 11.6. The van der Waals surface area contributed by atoms with E-state index < -0.39 is 5.41 Å².